The second-order valence-corrected chi connectivity index (χ2v) is 8.52. The summed E-state index contributed by atoms with van der Waals surface area (Å²) in [6.45, 7) is 4.23. The van der Waals surface area contributed by atoms with Crippen molar-refractivity contribution in [1.29, 1.82) is 0 Å². The molecule has 3 heteroatoms. The predicted molar refractivity (Wildman–Crippen MR) is 130 cm³/mol. The Hall–Kier alpha value is -3.36. The summed E-state index contributed by atoms with van der Waals surface area (Å²) in [5.41, 5.74) is 8.31. The van der Waals surface area contributed by atoms with E-state index in [0.29, 0.717) is 0 Å². The highest BCUT2D eigenvalue weighted by Gasteiger charge is 2.35. The van der Waals surface area contributed by atoms with Gasteiger partial charge in [0.15, 0.2) is 6.04 Å². The zero-order valence-corrected chi connectivity index (χ0v) is 18.4. The highest BCUT2D eigenvalue weighted by atomic mass is 35.5. The van der Waals surface area contributed by atoms with Crippen LogP contribution in [-0.4, -0.2) is 10.9 Å². The molecule has 0 unspecified atom stereocenters. The highest BCUT2D eigenvalue weighted by molar-refractivity contribution is 6.30. The molecule has 1 aliphatic heterocycles. The van der Waals surface area contributed by atoms with Crippen LogP contribution in [0.4, 0.5) is 17.1 Å². The van der Waals surface area contributed by atoms with Gasteiger partial charge < -0.3 is 0 Å². The first kappa shape index (κ1) is 19.6. The molecule has 1 heterocycles. The quantitative estimate of drug-likeness (QED) is 0.308. The third-order valence-corrected chi connectivity index (χ3v) is 6.06. The molecule has 0 radical (unpaired) electrons. The van der Waals surface area contributed by atoms with E-state index in [0.717, 1.165) is 22.1 Å². The van der Waals surface area contributed by atoms with E-state index in [-0.39, 0.29) is 6.04 Å². The van der Waals surface area contributed by atoms with Gasteiger partial charge in [0.05, 0.1) is 5.56 Å². The standard InChI is InChI=1S/C28H24ClN2/c1-20-8-13-24(14-9-20)30-19-31(25-15-10-21(2)11-16-25)28(22-6-4-3-5-7-22)26-18-23(29)12-17-27(26)30/h3-19,28H,1-2H3/q+1/t28-/m1/s1. The maximum Gasteiger partial charge on any atom is 0.250 e. The molecule has 0 amide bonds. The fourth-order valence-corrected chi connectivity index (χ4v) is 4.37. The minimum atomic E-state index is 0.0271. The molecule has 5 rings (SSSR count). The van der Waals surface area contributed by atoms with E-state index in [2.05, 4.69) is 121 Å². The minimum absolute atomic E-state index is 0.0271. The van der Waals surface area contributed by atoms with Crippen LogP contribution in [0.25, 0.3) is 0 Å². The Labute approximate surface area is 188 Å². The molecule has 152 valence electrons. The van der Waals surface area contributed by atoms with Crippen LogP contribution in [0.15, 0.2) is 97.1 Å². The highest BCUT2D eigenvalue weighted by Crippen LogP contribution is 2.42. The van der Waals surface area contributed by atoms with E-state index in [1.54, 1.807) is 0 Å². The minimum Gasteiger partial charge on any atom is -0.222 e. The van der Waals surface area contributed by atoms with Gasteiger partial charge in [0, 0.05) is 10.6 Å². The van der Waals surface area contributed by atoms with Crippen molar-refractivity contribution in [1.82, 2.24) is 0 Å². The summed E-state index contributed by atoms with van der Waals surface area (Å²) in [5.74, 6) is 0. The van der Waals surface area contributed by atoms with Gasteiger partial charge in [-0.15, -0.1) is 0 Å². The Balaban J connectivity index is 1.77. The fraction of sp³-hybridized carbons (Fsp3) is 0.107. The summed E-state index contributed by atoms with van der Waals surface area (Å²) in [6, 6.07) is 34.2. The number of hydrogen-bond acceptors (Lipinski definition) is 1. The number of halogens is 1. The van der Waals surface area contributed by atoms with Crippen molar-refractivity contribution < 1.29 is 4.58 Å². The molecular formula is C28H24ClN2+. The number of rotatable bonds is 3. The SMILES string of the molecule is Cc1ccc(N2C=[N+](c3ccc(C)cc3)[C@H](c3ccccc3)c3cc(Cl)ccc32)cc1. The van der Waals surface area contributed by atoms with Crippen molar-refractivity contribution in [2.24, 2.45) is 0 Å². The van der Waals surface area contributed by atoms with Crippen LogP contribution in [0.3, 0.4) is 0 Å². The zero-order valence-electron chi connectivity index (χ0n) is 17.7. The molecule has 1 aliphatic rings. The van der Waals surface area contributed by atoms with Crippen LogP contribution < -0.4 is 4.90 Å². The maximum absolute atomic E-state index is 6.51. The lowest BCUT2D eigenvalue weighted by molar-refractivity contribution is -0.477. The molecule has 0 fully saturated rings. The average molecular weight is 424 g/mol. The molecule has 0 aromatic heterocycles. The summed E-state index contributed by atoms with van der Waals surface area (Å²) < 4.78 is 2.34. The molecular weight excluding hydrogens is 400 g/mol. The van der Waals surface area contributed by atoms with Crippen molar-refractivity contribution in [3.05, 3.63) is 124 Å². The first-order chi connectivity index (χ1) is 15.1. The van der Waals surface area contributed by atoms with Crippen LogP contribution in [-0.2, 0) is 0 Å². The van der Waals surface area contributed by atoms with Crippen molar-refractivity contribution >= 4 is 35.0 Å². The number of hydrogen-bond donors (Lipinski definition) is 0. The van der Waals surface area contributed by atoms with Gasteiger partial charge in [-0.2, -0.15) is 4.90 Å². The normalized spacial score (nSPS) is 15.4. The Morgan fingerprint density at radius 2 is 1.39 bits per heavy atom. The molecule has 31 heavy (non-hydrogen) atoms. The third kappa shape index (κ3) is 3.75. The van der Waals surface area contributed by atoms with Crippen LogP contribution in [0.2, 0.25) is 5.02 Å². The molecule has 0 saturated carbocycles. The first-order valence-electron chi connectivity index (χ1n) is 10.5. The monoisotopic (exact) mass is 423 g/mol. The summed E-state index contributed by atoms with van der Waals surface area (Å²) in [7, 11) is 0. The lowest BCUT2D eigenvalue weighted by atomic mass is 9.94. The summed E-state index contributed by atoms with van der Waals surface area (Å²) in [6.07, 6.45) is 2.21. The van der Waals surface area contributed by atoms with Gasteiger partial charge >= 0.3 is 0 Å². The summed E-state index contributed by atoms with van der Waals surface area (Å²) >= 11 is 6.51. The predicted octanol–water partition coefficient (Wildman–Crippen LogP) is 7.57. The molecule has 0 N–H and O–H groups in total. The van der Waals surface area contributed by atoms with E-state index in [9.17, 15) is 0 Å². The Bertz CT molecular complexity index is 1240. The van der Waals surface area contributed by atoms with Gasteiger partial charge in [-0.05, 0) is 56.3 Å². The number of nitrogens with zero attached hydrogens (tertiary/aromatic N) is 2. The maximum atomic E-state index is 6.51. The summed E-state index contributed by atoms with van der Waals surface area (Å²) in [5, 5.41) is 0.745. The molecule has 0 bridgehead atoms. The molecule has 0 aliphatic carbocycles. The first-order valence-corrected chi connectivity index (χ1v) is 10.9. The molecule has 4 aromatic carbocycles. The van der Waals surface area contributed by atoms with Crippen LogP contribution >= 0.6 is 11.6 Å². The summed E-state index contributed by atoms with van der Waals surface area (Å²) in [4.78, 5) is 2.25. The van der Waals surface area contributed by atoms with E-state index in [4.69, 9.17) is 11.6 Å². The molecule has 2 nitrogen and oxygen atoms in total. The van der Waals surface area contributed by atoms with Crippen molar-refractivity contribution in [2.75, 3.05) is 4.90 Å². The van der Waals surface area contributed by atoms with Gasteiger partial charge in [0.2, 0.25) is 0 Å². The smallest absolute Gasteiger partial charge is 0.222 e. The van der Waals surface area contributed by atoms with Gasteiger partial charge in [-0.25, -0.2) is 4.58 Å². The van der Waals surface area contributed by atoms with Crippen molar-refractivity contribution in [3.63, 3.8) is 0 Å². The van der Waals surface area contributed by atoms with Gasteiger partial charge in [0.25, 0.3) is 6.34 Å². The van der Waals surface area contributed by atoms with E-state index < -0.39 is 0 Å². The van der Waals surface area contributed by atoms with Crippen molar-refractivity contribution in [2.45, 2.75) is 19.9 Å². The zero-order chi connectivity index (χ0) is 21.4. The van der Waals surface area contributed by atoms with E-state index in [1.165, 1.54) is 22.3 Å². The second-order valence-electron chi connectivity index (χ2n) is 8.08. The molecule has 0 spiro atoms. The van der Waals surface area contributed by atoms with E-state index in [1.807, 2.05) is 6.07 Å². The Kier molecular flexibility index (Phi) is 5.09. The largest absolute Gasteiger partial charge is 0.250 e. The third-order valence-electron chi connectivity index (χ3n) is 5.82. The number of fused-ring (bicyclic) bond motifs is 1. The molecule has 1 atom stereocenters. The topological polar surface area (TPSA) is 6.25 Å². The molecule has 0 saturated heterocycles. The number of benzene rings is 4. The second kappa shape index (κ2) is 8.05. The number of aryl methyl sites for hydroxylation is 2. The van der Waals surface area contributed by atoms with Gasteiger partial charge in [0.1, 0.15) is 17.1 Å². The lowest BCUT2D eigenvalue weighted by Gasteiger charge is -2.30. The Morgan fingerprint density at radius 3 is 2.06 bits per heavy atom. The van der Waals surface area contributed by atoms with Crippen molar-refractivity contribution in [3.8, 4) is 0 Å². The van der Waals surface area contributed by atoms with E-state index >= 15 is 0 Å². The van der Waals surface area contributed by atoms with Crippen LogP contribution in [0.1, 0.15) is 28.3 Å². The lowest BCUT2D eigenvalue weighted by Crippen LogP contribution is -2.32. The molecule has 4 aromatic rings. The average Bonchev–Trinajstić information content (AvgIpc) is 2.79. The van der Waals surface area contributed by atoms with Crippen LogP contribution in [0, 0.1) is 13.8 Å². The Morgan fingerprint density at radius 1 is 0.742 bits per heavy atom. The van der Waals surface area contributed by atoms with Gasteiger partial charge in [-0.3, -0.25) is 0 Å². The fourth-order valence-electron chi connectivity index (χ4n) is 4.19. The van der Waals surface area contributed by atoms with Gasteiger partial charge in [-0.1, -0.05) is 77.3 Å². The number of anilines is 2. The van der Waals surface area contributed by atoms with Crippen LogP contribution in [0.5, 0.6) is 0 Å².